The van der Waals surface area contributed by atoms with E-state index in [2.05, 4.69) is 10.6 Å². The molecule has 4 N–H and O–H groups in total. The molecule has 0 atom stereocenters. The third-order valence-electron chi connectivity index (χ3n) is 3.33. The molecule has 0 radical (unpaired) electrons. The van der Waals surface area contributed by atoms with Gasteiger partial charge in [-0.15, -0.1) is 0 Å². The van der Waals surface area contributed by atoms with E-state index in [1.165, 1.54) is 18.2 Å². The van der Waals surface area contributed by atoms with E-state index >= 15 is 0 Å². The van der Waals surface area contributed by atoms with Crippen LogP contribution < -0.4 is 16.4 Å². The van der Waals surface area contributed by atoms with Crippen molar-refractivity contribution < 1.29 is 14.4 Å². The molecule has 0 bridgehead atoms. The summed E-state index contributed by atoms with van der Waals surface area (Å²) < 4.78 is 0. The lowest BCUT2D eigenvalue weighted by molar-refractivity contribution is -0.117. The molecule has 2 aromatic carbocycles. The summed E-state index contributed by atoms with van der Waals surface area (Å²) in [5.41, 5.74) is 7.01. The lowest BCUT2D eigenvalue weighted by Crippen LogP contribution is -2.26. The second-order valence-electron chi connectivity index (χ2n) is 5.27. The first-order valence-corrected chi connectivity index (χ1v) is 7.75. The van der Waals surface area contributed by atoms with Crippen molar-refractivity contribution in [2.75, 3.05) is 11.9 Å². The molecule has 0 saturated carbocycles. The maximum absolute atomic E-state index is 11.8. The highest BCUT2D eigenvalue weighted by Crippen LogP contribution is 2.09. The standard InChI is InChI=1S/C19H19N3O3/c20-19(25)15-7-9-16(10-8-15)22-18(24)12-13-21-17(23)11-6-14-4-2-1-3-5-14/h1-11H,12-13H2,(H2,20,25)(H,21,23)(H,22,24)/b11-6+. The summed E-state index contributed by atoms with van der Waals surface area (Å²) in [6.45, 7) is 0.225. The van der Waals surface area contributed by atoms with Crippen molar-refractivity contribution in [2.45, 2.75) is 6.42 Å². The molecule has 0 saturated heterocycles. The lowest BCUT2D eigenvalue weighted by atomic mass is 10.2. The molecule has 2 rings (SSSR count). The smallest absolute Gasteiger partial charge is 0.248 e. The fourth-order valence-electron chi connectivity index (χ4n) is 2.04. The van der Waals surface area contributed by atoms with Gasteiger partial charge in [-0.1, -0.05) is 30.3 Å². The number of anilines is 1. The number of benzene rings is 2. The van der Waals surface area contributed by atoms with Gasteiger partial charge in [0.2, 0.25) is 17.7 Å². The summed E-state index contributed by atoms with van der Waals surface area (Å²) in [4.78, 5) is 34.5. The van der Waals surface area contributed by atoms with Crippen molar-refractivity contribution in [3.8, 4) is 0 Å². The van der Waals surface area contributed by atoms with E-state index in [0.29, 0.717) is 11.3 Å². The van der Waals surface area contributed by atoms with Crippen molar-refractivity contribution >= 4 is 29.5 Å². The van der Waals surface area contributed by atoms with Gasteiger partial charge >= 0.3 is 0 Å². The Kier molecular flexibility index (Phi) is 6.47. The molecule has 0 fully saturated rings. The van der Waals surface area contributed by atoms with E-state index in [1.807, 2.05) is 30.3 Å². The van der Waals surface area contributed by atoms with Crippen LogP contribution in [0.2, 0.25) is 0 Å². The zero-order chi connectivity index (χ0) is 18.1. The first kappa shape index (κ1) is 17.9. The van der Waals surface area contributed by atoms with Crippen molar-refractivity contribution in [3.63, 3.8) is 0 Å². The molecule has 2 aromatic rings. The Morgan fingerprint density at radius 2 is 1.64 bits per heavy atom. The molecule has 0 aliphatic rings. The second-order valence-corrected chi connectivity index (χ2v) is 5.27. The summed E-state index contributed by atoms with van der Waals surface area (Å²) in [6, 6.07) is 15.7. The summed E-state index contributed by atoms with van der Waals surface area (Å²) in [6.07, 6.45) is 3.27. The van der Waals surface area contributed by atoms with Crippen LogP contribution in [0.1, 0.15) is 22.3 Å². The van der Waals surface area contributed by atoms with Gasteiger partial charge in [-0.25, -0.2) is 0 Å². The van der Waals surface area contributed by atoms with E-state index in [9.17, 15) is 14.4 Å². The van der Waals surface area contributed by atoms with E-state index in [4.69, 9.17) is 5.73 Å². The number of carbonyl (C=O) groups excluding carboxylic acids is 3. The normalized spacial score (nSPS) is 10.4. The van der Waals surface area contributed by atoms with Gasteiger partial charge in [-0.3, -0.25) is 14.4 Å². The monoisotopic (exact) mass is 337 g/mol. The summed E-state index contributed by atoms with van der Waals surface area (Å²) in [7, 11) is 0. The molecule has 6 heteroatoms. The van der Waals surface area contributed by atoms with Crippen molar-refractivity contribution in [1.29, 1.82) is 0 Å². The molecule has 0 aromatic heterocycles. The Hall–Kier alpha value is -3.41. The fourth-order valence-corrected chi connectivity index (χ4v) is 2.04. The minimum atomic E-state index is -0.524. The molecule has 0 spiro atoms. The first-order valence-electron chi connectivity index (χ1n) is 7.75. The zero-order valence-corrected chi connectivity index (χ0v) is 13.6. The molecule has 3 amide bonds. The van der Waals surface area contributed by atoms with Crippen LogP contribution in [0.3, 0.4) is 0 Å². The molecular formula is C19H19N3O3. The molecule has 6 nitrogen and oxygen atoms in total. The second kappa shape index (κ2) is 9.02. The minimum absolute atomic E-state index is 0.141. The number of nitrogens with one attached hydrogen (secondary N) is 2. The molecular weight excluding hydrogens is 318 g/mol. The topological polar surface area (TPSA) is 101 Å². The number of hydrogen-bond acceptors (Lipinski definition) is 3. The van der Waals surface area contributed by atoms with E-state index < -0.39 is 5.91 Å². The molecule has 0 aliphatic heterocycles. The number of hydrogen-bond donors (Lipinski definition) is 3. The number of rotatable bonds is 7. The Balaban J connectivity index is 1.72. The fraction of sp³-hybridized carbons (Fsp3) is 0.105. The number of amides is 3. The van der Waals surface area contributed by atoms with Crippen LogP contribution in [0.25, 0.3) is 6.08 Å². The Morgan fingerprint density at radius 1 is 0.960 bits per heavy atom. The largest absolute Gasteiger partial charge is 0.366 e. The maximum atomic E-state index is 11.8. The van der Waals surface area contributed by atoms with Gasteiger partial charge in [0, 0.05) is 30.3 Å². The number of primary amides is 1. The van der Waals surface area contributed by atoms with E-state index in [0.717, 1.165) is 5.56 Å². The van der Waals surface area contributed by atoms with Gasteiger partial charge in [0.25, 0.3) is 0 Å². The highest BCUT2D eigenvalue weighted by Gasteiger charge is 2.04. The van der Waals surface area contributed by atoms with Crippen molar-refractivity contribution in [1.82, 2.24) is 5.32 Å². The number of nitrogens with two attached hydrogens (primary N) is 1. The van der Waals surface area contributed by atoms with Gasteiger partial charge in [0.15, 0.2) is 0 Å². The summed E-state index contributed by atoms with van der Waals surface area (Å²) >= 11 is 0. The summed E-state index contributed by atoms with van der Waals surface area (Å²) in [5, 5.41) is 5.33. The van der Waals surface area contributed by atoms with E-state index in [-0.39, 0.29) is 24.8 Å². The Morgan fingerprint density at radius 3 is 2.28 bits per heavy atom. The predicted molar refractivity (Wildman–Crippen MR) is 96.7 cm³/mol. The lowest BCUT2D eigenvalue weighted by Gasteiger charge is -2.06. The highest BCUT2D eigenvalue weighted by molar-refractivity contribution is 5.95. The van der Waals surface area contributed by atoms with Crippen molar-refractivity contribution in [2.24, 2.45) is 5.73 Å². The van der Waals surface area contributed by atoms with E-state index in [1.54, 1.807) is 18.2 Å². The summed E-state index contributed by atoms with van der Waals surface area (Å²) in [5.74, 6) is -1.02. The third-order valence-corrected chi connectivity index (χ3v) is 3.33. The molecule has 25 heavy (non-hydrogen) atoms. The SMILES string of the molecule is NC(=O)c1ccc(NC(=O)CCNC(=O)/C=C/c2ccccc2)cc1. The van der Waals surface area contributed by atoms with Gasteiger partial charge < -0.3 is 16.4 Å². The van der Waals surface area contributed by atoms with Crippen LogP contribution in [-0.2, 0) is 9.59 Å². The predicted octanol–water partition coefficient (Wildman–Crippen LogP) is 1.94. The van der Waals surface area contributed by atoms with Crippen LogP contribution in [0.15, 0.2) is 60.7 Å². The van der Waals surface area contributed by atoms with Gasteiger partial charge in [-0.05, 0) is 35.9 Å². The Bertz CT molecular complexity index is 768. The van der Waals surface area contributed by atoms with Crippen LogP contribution >= 0.6 is 0 Å². The third kappa shape index (κ3) is 6.31. The van der Waals surface area contributed by atoms with Crippen LogP contribution in [0.4, 0.5) is 5.69 Å². The van der Waals surface area contributed by atoms with Gasteiger partial charge in [-0.2, -0.15) is 0 Å². The highest BCUT2D eigenvalue weighted by atomic mass is 16.2. The van der Waals surface area contributed by atoms with Crippen LogP contribution in [0, 0.1) is 0 Å². The first-order chi connectivity index (χ1) is 12.0. The average molecular weight is 337 g/mol. The molecule has 0 heterocycles. The van der Waals surface area contributed by atoms with Crippen LogP contribution in [-0.4, -0.2) is 24.3 Å². The maximum Gasteiger partial charge on any atom is 0.248 e. The van der Waals surface area contributed by atoms with Gasteiger partial charge in [0.05, 0.1) is 0 Å². The number of carbonyl (C=O) groups is 3. The molecule has 0 unspecified atom stereocenters. The average Bonchev–Trinajstić information content (AvgIpc) is 2.61. The quantitative estimate of drug-likeness (QED) is 0.673. The van der Waals surface area contributed by atoms with Gasteiger partial charge in [0.1, 0.15) is 0 Å². The minimum Gasteiger partial charge on any atom is -0.366 e. The zero-order valence-electron chi connectivity index (χ0n) is 13.6. The Labute approximate surface area is 145 Å². The molecule has 128 valence electrons. The van der Waals surface area contributed by atoms with Crippen molar-refractivity contribution in [3.05, 3.63) is 71.8 Å². The van der Waals surface area contributed by atoms with Crippen LogP contribution in [0.5, 0.6) is 0 Å². The molecule has 0 aliphatic carbocycles.